The van der Waals surface area contributed by atoms with Crippen molar-refractivity contribution in [1.29, 1.82) is 0 Å². The topological polar surface area (TPSA) is 3.24 Å². The maximum absolute atomic E-state index is 2.37. The van der Waals surface area contributed by atoms with Gasteiger partial charge in [-0.1, -0.05) is 123 Å². The molecule has 0 aliphatic carbocycles. The third-order valence-electron chi connectivity index (χ3n) is 7.81. The molecule has 0 N–H and O–H groups in total. The Kier molecular flexibility index (Phi) is 8.62. The summed E-state index contributed by atoms with van der Waals surface area (Å²) in [7, 11) is 0. The molecule has 4 aromatic rings. The van der Waals surface area contributed by atoms with Crippen molar-refractivity contribution in [2.75, 3.05) is 18.0 Å². The molecule has 0 spiro atoms. The first-order valence-corrected chi connectivity index (χ1v) is 14.0. The summed E-state index contributed by atoms with van der Waals surface area (Å²) >= 11 is 0. The SMILES string of the molecule is CCN(CC)c1ccc(/C=C/c2ccc(B(c3c(C)cc(C)cc3C)c3c(C)cc(C)cc3C)cc2)cc1. The van der Waals surface area contributed by atoms with E-state index in [1.165, 1.54) is 66.6 Å². The molecule has 38 heavy (non-hydrogen) atoms. The van der Waals surface area contributed by atoms with E-state index in [0.717, 1.165) is 13.1 Å². The van der Waals surface area contributed by atoms with Crippen molar-refractivity contribution < 1.29 is 0 Å². The van der Waals surface area contributed by atoms with Gasteiger partial charge in [-0.15, -0.1) is 0 Å². The fraction of sp³-hybridized carbons (Fsp3) is 0.278. The molecular formula is C36H42BN. The number of nitrogens with zero attached hydrogens (tertiary/aromatic N) is 1. The lowest BCUT2D eigenvalue weighted by atomic mass is 9.34. The van der Waals surface area contributed by atoms with Gasteiger partial charge in [-0.25, -0.2) is 0 Å². The monoisotopic (exact) mass is 499 g/mol. The molecule has 0 heterocycles. The number of aryl methyl sites for hydroxylation is 6. The summed E-state index contributed by atoms with van der Waals surface area (Å²) in [4.78, 5) is 2.37. The number of rotatable bonds is 8. The third kappa shape index (κ3) is 5.96. The fourth-order valence-electron chi connectivity index (χ4n) is 6.15. The molecule has 4 rings (SSSR count). The predicted octanol–water partition coefficient (Wildman–Crippen LogP) is 7.07. The molecule has 0 aliphatic rings. The zero-order valence-corrected chi connectivity index (χ0v) is 24.5. The number of benzene rings is 4. The highest BCUT2D eigenvalue weighted by molar-refractivity contribution is 6.96. The Labute approximate surface area is 231 Å². The molecule has 0 atom stereocenters. The molecule has 0 radical (unpaired) electrons. The predicted molar refractivity (Wildman–Crippen MR) is 171 cm³/mol. The van der Waals surface area contributed by atoms with Crippen molar-refractivity contribution >= 4 is 40.9 Å². The van der Waals surface area contributed by atoms with Gasteiger partial charge < -0.3 is 4.90 Å². The van der Waals surface area contributed by atoms with Crippen LogP contribution in [0.1, 0.15) is 58.4 Å². The zero-order chi connectivity index (χ0) is 27.4. The standard InChI is InChI=1S/C36H42BN/c1-9-38(10-2)34-19-15-32(16-20-34)12-11-31-13-17-33(18-14-31)37(35-27(5)21-25(3)22-28(35)6)36-29(7)23-26(4)24-30(36)8/h11-24H,9-10H2,1-8H3/b12-11+. The van der Waals surface area contributed by atoms with Crippen molar-refractivity contribution in [2.24, 2.45) is 0 Å². The van der Waals surface area contributed by atoms with E-state index in [1.54, 1.807) is 0 Å². The smallest absolute Gasteiger partial charge is 0.242 e. The minimum absolute atomic E-state index is 0.210. The van der Waals surface area contributed by atoms with Crippen molar-refractivity contribution in [3.8, 4) is 0 Å². The summed E-state index contributed by atoms with van der Waals surface area (Å²) in [5, 5.41) is 0. The van der Waals surface area contributed by atoms with Gasteiger partial charge in [0.25, 0.3) is 0 Å². The van der Waals surface area contributed by atoms with Crippen LogP contribution in [0.3, 0.4) is 0 Å². The van der Waals surface area contributed by atoms with E-state index in [1.807, 2.05) is 0 Å². The molecular weight excluding hydrogens is 457 g/mol. The lowest BCUT2D eigenvalue weighted by Gasteiger charge is -2.24. The molecule has 194 valence electrons. The lowest BCUT2D eigenvalue weighted by molar-refractivity contribution is 0.866. The van der Waals surface area contributed by atoms with E-state index in [2.05, 4.69) is 145 Å². The summed E-state index contributed by atoms with van der Waals surface area (Å²) < 4.78 is 0. The van der Waals surface area contributed by atoms with Gasteiger partial charge in [0.1, 0.15) is 0 Å². The summed E-state index contributed by atoms with van der Waals surface area (Å²) in [6.45, 7) is 20.1. The summed E-state index contributed by atoms with van der Waals surface area (Å²) in [5.74, 6) is 0. The van der Waals surface area contributed by atoms with E-state index in [9.17, 15) is 0 Å². The lowest BCUT2D eigenvalue weighted by Crippen LogP contribution is -2.55. The summed E-state index contributed by atoms with van der Waals surface area (Å²) in [6.07, 6.45) is 4.43. The average molecular weight is 500 g/mol. The zero-order valence-electron chi connectivity index (χ0n) is 24.5. The van der Waals surface area contributed by atoms with Gasteiger partial charge in [-0.2, -0.15) is 0 Å². The normalized spacial score (nSPS) is 11.3. The van der Waals surface area contributed by atoms with Crippen molar-refractivity contribution in [1.82, 2.24) is 0 Å². The van der Waals surface area contributed by atoms with E-state index in [4.69, 9.17) is 0 Å². The Morgan fingerprint density at radius 3 is 1.29 bits per heavy atom. The Morgan fingerprint density at radius 2 is 0.921 bits per heavy atom. The molecule has 4 aromatic carbocycles. The van der Waals surface area contributed by atoms with Crippen LogP contribution in [-0.4, -0.2) is 19.8 Å². The van der Waals surface area contributed by atoms with Crippen LogP contribution in [0.15, 0.2) is 72.8 Å². The molecule has 1 nitrogen and oxygen atoms in total. The number of hydrogen-bond donors (Lipinski definition) is 0. The highest BCUT2D eigenvalue weighted by Gasteiger charge is 2.28. The Bertz CT molecular complexity index is 1320. The molecule has 0 aliphatic heterocycles. The van der Waals surface area contributed by atoms with Crippen molar-refractivity contribution in [3.63, 3.8) is 0 Å². The maximum atomic E-state index is 2.37. The van der Waals surface area contributed by atoms with Gasteiger partial charge >= 0.3 is 0 Å². The van der Waals surface area contributed by atoms with Crippen LogP contribution >= 0.6 is 0 Å². The van der Waals surface area contributed by atoms with Crippen molar-refractivity contribution in [3.05, 3.63) is 117 Å². The van der Waals surface area contributed by atoms with Crippen LogP contribution < -0.4 is 21.3 Å². The molecule has 0 aromatic heterocycles. The summed E-state index contributed by atoms with van der Waals surface area (Å²) in [6, 6.07) is 27.4. The minimum atomic E-state index is 0.210. The molecule has 0 bridgehead atoms. The second kappa shape index (κ2) is 11.9. The first-order chi connectivity index (χ1) is 18.2. The van der Waals surface area contributed by atoms with Crippen LogP contribution in [0.4, 0.5) is 5.69 Å². The highest BCUT2D eigenvalue weighted by Crippen LogP contribution is 2.17. The fourth-order valence-corrected chi connectivity index (χ4v) is 6.15. The van der Waals surface area contributed by atoms with E-state index >= 15 is 0 Å². The van der Waals surface area contributed by atoms with Gasteiger partial charge in [-0.3, -0.25) is 0 Å². The Balaban J connectivity index is 1.70. The van der Waals surface area contributed by atoms with E-state index < -0.39 is 0 Å². The summed E-state index contributed by atoms with van der Waals surface area (Å²) in [5.41, 5.74) is 16.0. The van der Waals surface area contributed by atoms with Gasteiger partial charge in [0, 0.05) is 18.8 Å². The molecule has 0 unspecified atom stereocenters. The van der Waals surface area contributed by atoms with E-state index in [-0.39, 0.29) is 6.71 Å². The second-order valence-corrected chi connectivity index (χ2v) is 10.8. The van der Waals surface area contributed by atoms with Gasteiger partial charge in [0.15, 0.2) is 0 Å². The van der Waals surface area contributed by atoms with Crippen LogP contribution in [0, 0.1) is 41.5 Å². The third-order valence-corrected chi connectivity index (χ3v) is 7.81. The van der Waals surface area contributed by atoms with Crippen LogP contribution in [0.2, 0.25) is 0 Å². The first kappa shape index (κ1) is 27.5. The van der Waals surface area contributed by atoms with Crippen molar-refractivity contribution in [2.45, 2.75) is 55.4 Å². The van der Waals surface area contributed by atoms with Crippen LogP contribution in [0.5, 0.6) is 0 Å². The van der Waals surface area contributed by atoms with Gasteiger partial charge in [-0.05, 0) is 78.6 Å². The highest BCUT2D eigenvalue weighted by atomic mass is 15.1. The molecule has 0 saturated heterocycles. The van der Waals surface area contributed by atoms with Crippen LogP contribution in [0.25, 0.3) is 12.2 Å². The van der Waals surface area contributed by atoms with E-state index in [0.29, 0.717) is 0 Å². The first-order valence-electron chi connectivity index (χ1n) is 14.0. The Hall–Kier alpha value is -3.52. The number of anilines is 1. The minimum Gasteiger partial charge on any atom is -0.372 e. The quantitative estimate of drug-likeness (QED) is 0.185. The maximum Gasteiger partial charge on any atom is 0.242 e. The molecule has 0 fully saturated rings. The van der Waals surface area contributed by atoms with Gasteiger partial charge in [0.2, 0.25) is 6.71 Å². The molecule has 2 heteroatoms. The van der Waals surface area contributed by atoms with Gasteiger partial charge in [0.05, 0.1) is 0 Å². The Morgan fingerprint density at radius 1 is 0.553 bits per heavy atom. The largest absolute Gasteiger partial charge is 0.372 e. The molecule has 0 amide bonds. The van der Waals surface area contributed by atoms with Crippen LogP contribution in [-0.2, 0) is 0 Å². The second-order valence-electron chi connectivity index (χ2n) is 10.8. The molecule has 0 saturated carbocycles. The average Bonchev–Trinajstić information content (AvgIpc) is 2.87. The number of hydrogen-bond acceptors (Lipinski definition) is 1.